The number of H-pyrrole nitrogens is 1. The van der Waals surface area contributed by atoms with Gasteiger partial charge in [0, 0.05) is 11.9 Å². The highest BCUT2D eigenvalue weighted by Crippen LogP contribution is 2.16. The molecule has 0 saturated heterocycles. The molecule has 0 aliphatic carbocycles. The largest absolute Gasteiger partial charge is 0.344 e. The first-order valence-electron chi connectivity index (χ1n) is 6.56. The van der Waals surface area contributed by atoms with Gasteiger partial charge in [0.05, 0.1) is 23.3 Å². The maximum Gasteiger partial charge on any atom is 0.262 e. The van der Waals surface area contributed by atoms with Crippen molar-refractivity contribution in [3.05, 3.63) is 58.2 Å². The van der Waals surface area contributed by atoms with E-state index >= 15 is 0 Å². The molecular formula is C15H16N4O. The van der Waals surface area contributed by atoms with Crippen molar-refractivity contribution in [2.45, 2.75) is 26.8 Å². The minimum atomic E-state index is -0.173. The summed E-state index contributed by atoms with van der Waals surface area (Å²) >= 11 is 0. The second-order valence-corrected chi connectivity index (χ2v) is 5.05. The summed E-state index contributed by atoms with van der Waals surface area (Å²) in [6, 6.07) is 5.52. The Bertz CT molecular complexity index is 831. The molecule has 3 aromatic rings. The maximum atomic E-state index is 12.7. The molecule has 0 unspecified atom stereocenters. The molecule has 2 heterocycles. The van der Waals surface area contributed by atoms with Gasteiger partial charge < -0.3 is 4.98 Å². The van der Waals surface area contributed by atoms with Crippen molar-refractivity contribution < 1.29 is 0 Å². The van der Waals surface area contributed by atoms with Crippen LogP contribution in [0.25, 0.3) is 10.9 Å². The predicted octanol–water partition coefficient (Wildman–Crippen LogP) is 2.35. The number of aryl methyl sites for hydroxylation is 2. The Morgan fingerprint density at radius 1 is 1.25 bits per heavy atom. The van der Waals surface area contributed by atoms with E-state index in [-0.39, 0.29) is 11.6 Å². The summed E-state index contributed by atoms with van der Waals surface area (Å²) in [5.41, 5.74) is 2.62. The van der Waals surface area contributed by atoms with Gasteiger partial charge in [-0.15, -0.1) is 0 Å². The lowest BCUT2D eigenvalue weighted by molar-refractivity contribution is 0.580. The van der Waals surface area contributed by atoms with Crippen molar-refractivity contribution in [1.82, 2.24) is 19.5 Å². The Morgan fingerprint density at radius 2 is 2.05 bits per heavy atom. The quantitative estimate of drug-likeness (QED) is 0.776. The van der Waals surface area contributed by atoms with E-state index in [2.05, 4.69) is 15.0 Å². The molecule has 1 aromatic carbocycles. The van der Waals surface area contributed by atoms with Crippen LogP contribution in [0.1, 0.15) is 30.0 Å². The number of fused-ring (bicyclic) bond motifs is 1. The molecule has 102 valence electrons. The van der Waals surface area contributed by atoms with Crippen molar-refractivity contribution in [2.24, 2.45) is 0 Å². The van der Waals surface area contributed by atoms with Crippen LogP contribution in [0.2, 0.25) is 0 Å². The Hall–Kier alpha value is -2.43. The number of aromatic nitrogens is 4. The van der Waals surface area contributed by atoms with Crippen molar-refractivity contribution in [1.29, 1.82) is 0 Å². The Morgan fingerprint density at radius 3 is 2.75 bits per heavy atom. The third kappa shape index (κ3) is 1.91. The highest BCUT2D eigenvalue weighted by atomic mass is 16.1. The number of aromatic amines is 1. The number of benzene rings is 1. The third-order valence-corrected chi connectivity index (χ3v) is 3.56. The zero-order valence-electron chi connectivity index (χ0n) is 11.7. The zero-order valence-corrected chi connectivity index (χ0v) is 11.7. The lowest BCUT2D eigenvalue weighted by Gasteiger charge is -2.13. The summed E-state index contributed by atoms with van der Waals surface area (Å²) in [5.74, 6) is 0.763. The van der Waals surface area contributed by atoms with E-state index in [1.165, 1.54) is 0 Å². The molecule has 0 radical (unpaired) electrons. The van der Waals surface area contributed by atoms with E-state index in [1.807, 2.05) is 39.0 Å². The monoisotopic (exact) mass is 268 g/mol. The minimum Gasteiger partial charge on any atom is -0.344 e. The molecule has 3 rings (SSSR count). The SMILES string of the molecule is Cc1cnc([C@H](C)n2cnc3cccc(C)c3c2=O)[nH]1. The van der Waals surface area contributed by atoms with E-state index in [0.29, 0.717) is 5.39 Å². The number of nitrogens with one attached hydrogen (secondary N) is 1. The smallest absolute Gasteiger partial charge is 0.262 e. The lowest BCUT2D eigenvalue weighted by Crippen LogP contribution is -2.25. The van der Waals surface area contributed by atoms with Gasteiger partial charge in [-0.25, -0.2) is 9.97 Å². The lowest BCUT2D eigenvalue weighted by atomic mass is 10.1. The third-order valence-electron chi connectivity index (χ3n) is 3.56. The molecule has 0 bridgehead atoms. The molecule has 5 heteroatoms. The van der Waals surface area contributed by atoms with Gasteiger partial charge in [0.1, 0.15) is 5.82 Å². The van der Waals surface area contributed by atoms with Crippen LogP contribution in [-0.4, -0.2) is 19.5 Å². The zero-order chi connectivity index (χ0) is 14.3. The fourth-order valence-corrected chi connectivity index (χ4v) is 2.40. The Labute approximate surface area is 116 Å². The van der Waals surface area contributed by atoms with Crippen LogP contribution in [0.3, 0.4) is 0 Å². The van der Waals surface area contributed by atoms with Gasteiger partial charge in [-0.2, -0.15) is 0 Å². The van der Waals surface area contributed by atoms with E-state index in [1.54, 1.807) is 17.1 Å². The first-order valence-corrected chi connectivity index (χ1v) is 6.56. The second-order valence-electron chi connectivity index (χ2n) is 5.05. The van der Waals surface area contributed by atoms with Crippen molar-refractivity contribution in [2.75, 3.05) is 0 Å². The summed E-state index contributed by atoms with van der Waals surface area (Å²) in [6.45, 7) is 5.80. The van der Waals surface area contributed by atoms with Gasteiger partial charge in [-0.05, 0) is 32.4 Å². The summed E-state index contributed by atoms with van der Waals surface area (Å²) in [4.78, 5) is 24.5. The summed E-state index contributed by atoms with van der Waals surface area (Å²) in [7, 11) is 0. The number of nitrogens with zero attached hydrogens (tertiary/aromatic N) is 3. The van der Waals surface area contributed by atoms with Crippen LogP contribution in [0.15, 0.2) is 35.5 Å². The van der Waals surface area contributed by atoms with E-state index in [0.717, 1.165) is 22.6 Å². The Kier molecular flexibility index (Phi) is 2.89. The molecule has 1 atom stereocenters. The molecule has 0 amide bonds. The van der Waals surface area contributed by atoms with Crippen molar-refractivity contribution >= 4 is 10.9 Å². The van der Waals surface area contributed by atoms with E-state index < -0.39 is 0 Å². The van der Waals surface area contributed by atoms with Crippen LogP contribution in [-0.2, 0) is 0 Å². The molecule has 0 spiro atoms. The highest BCUT2D eigenvalue weighted by Gasteiger charge is 2.15. The fourth-order valence-electron chi connectivity index (χ4n) is 2.40. The normalized spacial score (nSPS) is 12.8. The van der Waals surface area contributed by atoms with Gasteiger partial charge >= 0.3 is 0 Å². The molecule has 20 heavy (non-hydrogen) atoms. The van der Waals surface area contributed by atoms with Crippen LogP contribution in [0, 0.1) is 13.8 Å². The molecule has 2 aromatic heterocycles. The van der Waals surface area contributed by atoms with Gasteiger partial charge in [-0.1, -0.05) is 12.1 Å². The molecule has 0 fully saturated rings. The fraction of sp³-hybridized carbons (Fsp3) is 0.267. The summed E-state index contributed by atoms with van der Waals surface area (Å²) < 4.78 is 1.62. The number of hydrogen-bond acceptors (Lipinski definition) is 3. The van der Waals surface area contributed by atoms with Gasteiger partial charge in [0.15, 0.2) is 0 Å². The standard InChI is InChI=1S/C15H16N4O/c1-9-5-4-6-12-13(9)15(20)19(8-17-12)11(3)14-16-7-10(2)18-14/h4-8,11H,1-3H3,(H,16,18)/t11-/m0/s1. The van der Waals surface area contributed by atoms with Crippen molar-refractivity contribution in [3.8, 4) is 0 Å². The highest BCUT2D eigenvalue weighted by molar-refractivity contribution is 5.80. The van der Waals surface area contributed by atoms with Crippen LogP contribution in [0.5, 0.6) is 0 Å². The first-order chi connectivity index (χ1) is 9.58. The minimum absolute atomic E-state index is 0.0327. The average molecular weight is 268 g/mol. The molecule has 0 aliphatic rings. The molecule has 0 saturated carbocycles. The maximum absolute atomic E-state index is 12.7. The van der Waals surface area contributed by atoms with E-state index in [4.69, 9.17) is 0 Å². The van der Waals surface area contributed by atoms with Gasteiger partial charge in [0.25, 0.3) is 5.56 Å². The topological polar surface area (TPSA) is 63.6 Å². The van der Waals surface area contributed by atoms with Crippen LogP contribution in [0.4, 0.5) is 0 Å². The van der Waals surface area contributed by atoms with E-state index in [9.17, 15) is 4.79 Å². The number of rotatable bonds is 2. The van der Waals surface area contributed by atoms with Crippen molar-refractivity contribution in [3.63, 3.8) is 0 Å². The summed E-state index contributed by atoms with van der Waals surface area (Å²) in [6.07, 6.45) is 3.35. The average Bonchev–Trinajstić information content (AvgIpc) is 2.85. The molecular weight excluding hydrogens is 252 g/mol. The van der Waals surface area contributed by atoms with Crippen LogP contribution >= 0.6 is 0 Å². The number of hydrogen-bond donors (Lipinski definition) is 1. The van der Waals surface area contributed by atoms with Crippen LogP contribution < -0.4 is 5.56 Å². The first kappa shape index (κ1) is 12.6. The molecule has 5 nitrogen and oxygen atoms in total. The molecule has 0 aliphatic heterocycles. The predicted molar refractivity (Wildman–Crippen MR) is 77.9 cm³/mol. The number of imidazole rings is 1. The summed E-state index contributed by atoms with van der Waals surface area (Å²) in [5, 5.41) is 0.671. The second kappa shape index (κ2) is 4.59. The molecule has 1 N–H and O–H groups in total. The Balaban J connectivity index is 2.20. The van der Waals surface area contributed by atoms with Gasteiger partial charge in [0.2, 0.25) is 0 Å². The van der Waals surface area contributed by atoms with Gasteiger partial charge in [-0.3, -0.25) is 9.36 Å².